The van der Waals surface area contributed by atoms with Crippen molar-refractivity contribution in [2.75, 3.05) is 25.0 Å². The Bertz CT molecular complexity index is 912. The second-order valence-electron chi connectivity index (χ2n) is 6.76. The molecular formula is C21H22N4O. The molecular weight excluding hydrogens is 324 g/mol. The van der Waals surface area contributed by atoms with Gasteiger partial charge >= 0.3 is 0 Å². The minimum Gasteiger partial charge on any atom is -0.355 e. The number of amides is 1. The zero-order valence-corrected chi connectivity index (χ0v) is 14.9. The van der Waals surface area contributed by atoms with Crippen LogP contribution in [0, 0.1) is 0 Å². The van der Waals surface area contributed by atoms with Crippen LogP contribution in [0.1, 0.15) is 23.2 Å². The first-order valence-electron chi connectivity index (χ1n) is 9.00. The molecule has 2 aromatic heterocycles. The van der Waals surface area contributed by atoms with E-state index in [4.69, 9.17) is 0 Å². The summed E-state index contributed by atoms with van der Waals surface area (Å²) in [6.45, 7) is 1.79. The minimum absolute atomic E-state index is 0.0242. The average molecular weight is 346 g/mol. The maximum absolute atomic E-state index is 13.0. The van der Waals surface area contributed by atoms with Gasteiger partial charge in [-0.1, -0.05) is 24.3 Å². The lowest BCUT2D eigenvalue weighted by molar-refractivity contribution is 0.0717. The highest BCUT2D eigenvalue weighted by Gasteiger charge is 2.27. The Morgan fingerprint density at radius 1 is 1.15 bits per heavy atom. The van der Waals surface area contributed by atoms with Crippen molar-refractivity contribution in [2.45, 2.75) is 18.9 Å². The number of fused-ring (bicyclic) bond motifs is 1. The van der Waals surface area contributed by atoms with Gasteiger partial charge in [0.25, 0.3) is 5.91 Å². The zero-order valence-electron chi connectivity index (χ0n) is 14.9. The Kier molecular flexibility index (Phi) is 4.52. The molecule has 1 amide bonds. The normalized spacial score (nSPS) is 17.3. The SMILES string of the molecule is CN(C(=O)c1cnc2ccccc2c1)[C@H]1CCCN(c2ccccn2)C1. The topological polar surface area (TPSA) is 49.3 Å². The Morgan fingerprint density at radius 3 is 2.85 bits per heavy atom. The Balaban J connectivity index is 1.52. The summed E-state index contributed by atoms with van der Waals surface area (Å²) >= 11 is 0. The molecule has 3 aromatic rings. The molecule has 5 heteroatoms. The lowest BCUT2D eigenvalue weighted by atomic mass is 10.0. The predicted octanol–water partition coefficient (Wildman–Crippen LogP) is 3.37. The van der Waals surface area contributed by atoms with Crippen LogP contribution in [0.4, 0.5) is 5.82 Å². The van der Waals surface area contributed by atoms with Gasteiger partial charge < -0.3 is 9.80 Å². The smallest absolute Gasteiger partial charge is 0.255 e. The van der Waals surface area contributed by atoms with Gasteiger partial charge in [-0.2, -0.15) is 0 Å². The molecule has 1 aromatic carbocycles. The third-order valence-corrected chi connectivity index (χ3v) is 5.08. The fraction of sp³-hybridized carbons (Fsp3) is 0.286. The first-order chi connectivity index (χ1) is 12.7. The second-order valence-corrected chi connectivity index (χ2v) is 6.76. The van der Waals surface area contributed by atoms with Crippen LogP contribution < -0.4 is 4.90 Å². The van der Waals surface area contributed by atoms with Crippen LogP contribution in [0.25, 0.3) is 10.9 Å². The third-order valence-electron chi connectivity index (χ3n) is 5.08. The molecule has 5 nitrogen and oxygen atoms in total. The molecule has 0 bridgehead atoms. The van der Waals surface area contributed by atoms with Crippen molar-refractivity contribution >= 4 is 22.6 Å². The summed E-state index contributed by atoms with van der Waals surface area (Å²) in [6, 6.07) is 15.9. The first-order valence-corrected chi connectivity index (χ1v) is 9.00. The maximum atomic E-state index is 13.0. The second kappa shape index (κ2) is 7.12. The number of hydrogen-bond acceptors (Lipinski definition) is 4. The molecule has 1 atom stereocenters. The fourth-order valence-corrected chi connectivity index (χ4v) is 3.58. The predicted molar refractivity (Wildman–Crippen MR) is 103 cm³/mol. The van der Waals surface area contributed by atoms with Crippen LogP contribution in [0.15, 0.2) is 60.9 Å². The lowest BCUT2D eigenvalue weighted by Gasteiger charge is -2.38. The van der Waals surface area contributed by atoms with Crippen LogP contribution in [0.5, 0.6) is 0 Å². The number of piperidine rings is 1. The van der Waals surface area contributed by atoms with Crippen molar-refractivity contribution in [3.63, 3.8) is 0 Å². The van der Waals surface area contributed by atoms with Gasteiger partial charge in [0, 0.05) is 44.0 Å². The molecule has 0 radical (unpaired) electrons. The van der Waals surface area contributed by atoms with Gasteiger partial charge in [0.1, 0.15) is 5.82 Å². The van der Waals surface area contributed by atoms with Gasteiger partial charge in [0.2, 0.25) is 0 Å². The van der Waals surface area contributed by atoms with E-state index in [-0.39, 0.29) is 11.9 Å². The summed E-state index contributed by atoms with van der Waals surface area (Å²) in [5.41, 5.74) is 1.55. The van der Waals surface area contributed by atoms with E-state index in [9.17, 15) is 4.79 Å². The molecule has 0 N–H and O–H groups in total. The van der Waals surface area contributed by atoms with Crippen LogP contribution in [-0.4, -0.2) is 47.0 Å². The van der Waals surface area contributed by atoms with E-state index in [0.29, 0.717) is 5.56 Å². The molecule has 0 saturated carbocycles. The summed E-state index contributed by atoms with van der Waals surface area (Å²) in [7, 11) is 1.89. The van der Waals surface area contributed by atoms with Crippen molar-refractivity contribution in [2.24, 2.45) is 0 Å². The number of hydrogen-bond donors (Lipinski definition) is 0. The number of nitrogens with zero attached hydrogens (tertiary/aromatic N) is 4. The number of aromatic nitrogens is 2. The Labute approximate surface area is 153 Å². The summed E-state index contributed by atoms with van der Waals surface area (Å²) in [6.07, 6.45) is 5.55. The molecule has 1 aliphatic rings. The van der Waals surface area contributed by atoms with E-state index < -0.39 is 0 Å². The van der Waals surface area contributed by atoms with Gasteiger partial charge in [0.05, 0.1) is 11.1 Å². The largest absolute Gasteiger partial charge is 0.355 e. The molecule has 0 aliphatic carbocycles. The number of para-hydroxylation sites is 1. The van der Waals surface area contributed by atoms with Crippen molar-refractivity contribution in [3.8, 4) is 0 Å². The zero-order chi connectivity index (χ0) is 17.9. The van der Waals surface area contributed by atoms with Crippen LogP contribution >= 0.6 is 0 Å². The Hall–Kier alpha value is -2.95. The molecule has 0 unspecified atom stereocenters. The van der Waals surface area contributed by atoms with Crippen LogP contribution in [0.2, 0.25) is 0 Å². The molecule has 1 aliphatic heterocycles. The van der Waals surface area contributed by atoms with E-state index in [2.05, 4.69) is 14.9 Å². The minimum atomic E-state index is 0.0242. The van der Waals surface area contributed by atoms with E-state index >= 15 is 0 Å². The Morgan fingerprint density at radius 2 is 2.00 bits per heavy atom. The van der Waals surface area contributed by atoms with Gasteiger partial charge in [-0.15, -0.1) is 0 Å². The number of rotatable bonds is 3. The summed E-state index contributed by atoms with van der Waals surface area (Å²) in [5, 5.41) is 0.991. The molecule has 1 saturated heterocycles. The van der Waals surface area contributed by atoms with Crippen LogP contribution in [0.3, 0.4) is 0 Å². The quantitative estimate of drug-likeness (QED) is 0.730. The molecule has 3 heterocycles. The van der Waals surface area contributed by atoms with Crippen molar-refractivity contribution in [1.82, 2.24) is 14.9 Å². The van der Waals surface area contributed by atoms with Crippen LogP contribution in [-0.2, 0) is 0 Å². The van der Waals surface area contributed by atoms with E-state index in [1.54, 1.807) is 6.20 Å². The number of carbonyl (C=O) groups excluding carboxylic acids is 1. The van der Waals surface area contributed by atoms with Crippen molar-refractivity contribution in [1.29, 1.82) is 0 Å². The number of anilines is 1. The number of pyridine rings is 2. The molecule has 1 fully saturated rings. The maximum Gasteiger partial charge on any atom is 0.255 e. The number of carbonyl (C=O) groups is 1. The van der Waals surface area contributed by atoms with E-state index in [0.717, 1.165) is 42.7 Å². The highest BCUT2D eigenvalue weighted by Crippen LogP contribution is 2.22. The summed E-state index contributed by atoms with van der Waals surface area (Å²) in [5.74, 6) is 1.00. The van der Waals surface area contributed by atoms with E-state index in [1.807, 2.05) is 66.7 Å². The standard InChI is InChI=1S/C21H22N4O/c1-24(18-8-6-12-25(15-18)20-10-4-5-11-22-20)21(26)17-13-16-7-2-3-9-19(16)23-14-17/h2-5,7,9-11,13-14,18H,6,8,12,15H2,1H3/t18-/m0/s1. The third kappa shape index (κ3) is 3.25. The molecule has 26 heavy (non-hydrogen) atoms. The van der Waals surface area contributed by atoms with Gasteiger partial charge in [-0.05, 0) is 37.1 Å². The lowest BCUT2D eigenvalue weighted by Crippen LogP contribution is -2.48. The van der Waals surface area contributed by atoms with E-state index in [1.165, 1.54) is 0 Å². The molecule has 0 spiro atoms. The summed E-state index contributed by atoms with van der Waals surface area (Å²) < 4.78 is 0. The molecule has 4 rings (SSSR count). The van der Waals surface area contributed by atoms with Crippen molar-refractivity contribution in [3.05, 3.63) is 66.5 Å². The highest BCUT2D eigenvalue weighted by atomic mass is 16.2. The average Bonchev–Trinajstić information content (AvgIpc) is 2.73. The molecule has 132 valence electrons. The number of benzene rings is 1. The highest BCUT2D eigenvalue weighted by molar-refractivity contribution is 5.97. The monoisotopic (exact) mass is 346 g/mol. The number of likely N-dealkylation sites (N-methyl/N-ethyl adjacent to an activating group) is 1. The summed E-state index contributed by atoms with van der Waals surface area (Å²) in [4.78, 5) is 26.0. The van der Waals surface area contributed by atoms with Gasteiger partial charge in [-0.25, -0.2) is 4.98 Å². The van der Waals surface area contributed by atoms with Gasteiger partial charge in [0.15, 0.2) is 0 Å². The van der Waals surface area contributed by atoms with Gasteiger partial charge in [-0.3, -0.25) is 9.78 Å². The first kappa shape index (κ1) is 16.5. The van der Waals surface area contributed by atoms with Crippen molar-refractivity contribution < 1.29 is 4.79 Å². The fourth-order valence-electron chi connectivity index (χ4n) is 3.58.